The number of hydrogen-bond acceptors (Lipinski definition) is 4. The number of rotatable bonds is 5. The molecule has 0 radical (unpaired) electrons. The van der Waals surface area contributed by atoms with Gasteiger partial charge >= 0.3 is 0 Å². The first-order valence-corrected chi connectivity index (χ1v) is 11.4. The van der Waals surface area contributed by atoms with Gasteiger partial charge in [-0.2, -0.15) is 0 Å². The summed E-state index contributed by atoms with van der Waals surface area (Å²) in [4.78, 5) is 33.3. The minimum Gasteiger partial charge on any atom is -0.441 e. The summed E-state index contributed by atoms with van der Waals surface area (Å²) in [6.07, 6.45) is 5.56. The van der Waals surface area contributed by atoms with Crippen molar-refractivity contribution in [1.29, 1.82) is 0 Å². The normalized spacial score (nSPS) is 19.9. The molecule has 172 valence electrons. The summed E-state index contributed by atoms with van der Waals surface area (Å²) in [5, 5.41) is 0. The molecule has 3 heterocycles. The number of benzene rings is 1. The number of likely N-dealkylation sites (tertiary alicyclic amines) is 2. The van der Waals surface area contributed by atoms with Crippen LogP contribution in [0.1, 0.15) is 44.9 Å². The Labute approximate surface area is 186 Å². The second-order valence-electron chi connectivity index (χ2n) is 8.93. The molecule has 0 spiro atoms. The summed E-state index contributed by atoms with van der Waals surface area (Å²) in [5.74, 6) is -0.0431. The van der Waals surface area contributed by atoms with Crippen LogP contribution in [0.3, 0.4) is 0 Å². The second kappa shape index (κ2) is 9.79. The van der Waals surface area contributed by atoms with Gasteiger partial charge in [-0.15, -0.1) is 0 Å². The number of hydrogen-bond donors (Lipinski definition) is 0. The lowest BCUT2D eigenvalue weighted by molar-refractivity contribution is -0.142. The van der Waals surface area contributed by atoms with E-state index >= 15 is 0 Å². The third-order valence-corrected chi connectivity index (χ3v) is 6.47. The summed E-state index contributed by atoms with van der Waals surface area (Å²) in [7, 11) is 0. The molecule has 1 unspecified atom stereocenters. The highest BCUT2D eigenvalue weighted by molar-refractivity contribution is 5.80. The standard InChI is InChI=1S/C24H29F2N3O3/c1-16-3-2-10-29(15-16)24(31)17-8-11-28(12-9-17)23(30)7-6-22-27-14-21(32-22)19-5-4-18(25)13-20(19)26/h4-5,13-14,16-17H,2-3,6-12,15H2,1H3. The third-order valence-electron chi connectivity index (χ3n) is 6.47. The fourth-order valence-corrected chi connectivity index (χ4v) is 4.64. The van der Waals surface area contributed by atoms with Crippen LogP contribution in [0.5, 0.6) is 0 Å². The molecule has 2 aromatic rings. The van der Waals surface area contributed by atoms with E-state index in [1.165, 1.54) is 18.7 Å². The molecular weight excluding hydrogens is 416 g/mol. The lowest BCUT2D eigenvalue weighted by atomic mass is 9.92. The predicted molar refractivity (Wildman–Crippen MR) is 114 cm³/mol. The Morgan fingerprint density at radius 3 is 2.62 bits per heavy atom. The van der Waals surface area contributed by atoms with Crippen LogP contribution in [0, 0.1) is 23.5 Å². The number of piperidine rings is 2. The van der Waals surface area contributed by atoms with Crippen LogP contribution < -0.4 is 0 Å². The van der Waals surface area contributed by atoms with Crippen molar-refractivity contribution in [1.82, 2.24) is 14.8 Å². The summed E-state index contributed by atoms with van der Waals surface area (Å²) >= 11 is 0. The molecule has 2 amide bonds. The molecule has 1 atom stereocenters. The minimum atomic E-state index is -0.722. The van der Waals surface area contributed by atoms with E-state index in [1.807, 2.05) is 4.90 Å². The number of aryl methyl sites for hydroxylation is 1. The molecule has 0 N–H and O–H groups in total. The van der Waals surface area contributed by atoms with E-state index in [0.29, 0.717) is 44.2 Å². The first-order chi connectivity index (χ1) is 15.4. The average Bonchev–Trinajstić information content (AvgIpc) is 3.26. The van der Waals surface area contributed by atoms with Crippen molar-refractivity contribution in [3.05, 3.63) is 41.9 Å². The summed E-state index contributed by atoms with van der Waals surface area (Å²) < 4.78 is 32.6. The van der Waals surface area contributed by atoms with Gasteiger partial charge < -0.3 is 14.2 Å². The summed E-state index contributed by atoms with van der Waals surface area (Å²) in [5.41, 5.74) is 0.131. The van der Waals surface area contributed by atoms with Gasteiger partial charge in [-0.25, -0.2) is 13.8 Å². The van der Waals surface area contributed by atoms with Crippen molar-refractivity contribution in [2.75, 3.05) is 26.2 Å². The van der Waals surface area contributed by atoms with Crippen molar-refractivity contribution in [3.63, 3.8) is 0 Å². The van der Waals surface area contributed by atoms with E-state index in [2.05, 4.69) is 11.9 Å². The number of amides is 2. The third kappa shape index (κ3) is 5.16. The maximum atomic E-state index is 13.9. The Kier molecular flexibility index (Phi) is 6.86. The fourth-order valence-electron chi connectivity index (χ4n) is 4.64. The number of carbonyl (C=O) groups is 2. The molecule has 1 aromatic heterocycles. The van der Waals surface area contributed by atoms with Crippen molar-refractivity contribution >= 4 is 11.8 Å². The van der Waals surface area contributed by atoms with Gasteiger partial charge in [-0.1, -0.05) is 6.92 Å². The van der Waals surface area contributed by atoms with Crippen LogP contribution in [-0.2, 0) is 16.0 Å². The van der Waals surface area contributed by atoms with E-state index < -0.39 is 11.6 Å². The monoisotopic (exact) mass is 445 g/mol. The van der Waals surface area contributed by atoms with Crippen molar-refractivity contribution in [2.45, 2.75) is 45.4 Å². The van der Waals surface area contributed by atoms with Crippen LogP contribution in [0.2, 0.25) is 0 Å². The van der Waals surface area contributed by atoms with Gasteiger partial charge in [0, 0.05) is 51.0 Å². The highest BCUT2D eigenvalue weighted by Crippen LogP contribution is 2.26. The van der Waals surface area contributed by atoms with Gasteiger partial charge in [0.05, 0.1) is 11.8 Å². The molecule has 32 heavy (non-hydrogen) atoms. The number of oxazole rings is 1. The van der Waals surface area contributed by atoms with E-state index in [-0.39, 0.29) is 35.5 Å². The van der Waals surface area contributed by atoms with Crippen LogP contribution in [0.15, 0.2) is 28.8 Å². The quantitative estimate of drug-likeness (QED) is 0.697. The SMILES string of the molecule is CC1CCCN(C(=O)C2CCN(C(=O)CCc3ncc(-c4ccc(F)cc4F)o3)CC2)C1. The zero-order valence-corrected chi connectivity index (χ0v) is 18.4. The van der Waals surface area contributed by atoms with Crippen LogP contribution >= 0.6 is 0 Å². The molecular formula is C24H29F2N3O3. The van der Waals surface area contributed by atoms with Gasteiger partial charge in [0.1, 0.15) is 11.6 Å². The van der Waals surface area contributed by atoms with Gasteiger partial charge in [-0.3, -0.25) is 9.59 Å². The van der Waals surface area contributed by atoms with Crippen LogP contribution in [0.25, 0.3) is 11.3 Å². The number of halogens is 2. The van der Waals surface area contributed by atoms with E-state index in [4.69, 9.17) is 4.42 Å². The van der Waals surface area contributed by atoms with Gasteiger partial charge in [-0.05, 0) is 43.7 Å². The molecule has 4 rings (SSSR count). The molecule has 0 saturated carbocycles. The number of aromatic nitrogens is 1. The van der Waals surface area contributed by atoms with E-state index in [0.717, 1.165) is 31.6 Å². The summed E-state index contributed by atoms with van der Waals surface area (Å²) in [6, 6.07) is 3.25. The molecule has 0 bridgehead atoms. The first kappa shape index (κ1) is 22.4. The Hall–Kier alpha value is -2.77. The maximum Gasteiger partial charge on any atom is 0.225 e. The number of carbonyl (C=O) groups excluding carboxylic acids is 2. The fraction of sp³-hybridized carbons (Fsp3) is 0.542. The average molecular weight is 446 g/mol. The predicted octanol–water partition coefficient (Wildman–Crippen LogP) is 4.05. The lowest BCUT2D eigenvalue weighted by Crippen LogP contribution is -2.47. The number of nitrogens with zero attached hydrogens (tertiary/aromatic N) is 3. The molecule has 6 nitrogen and oxygen atoms in total. The Balaban J connectivity index is 1.25. The highest BCUT2D eigenvalue weighted by Gasteiger charge is 2.31. The topological polar surface area (TPSA) is 66.7 Å². The molecule has 2 aliphatic heterocycles. The molecule has 8 heteroatoms. The summed E-state index contributed by atoms with van der Waals surface area (Å²) in [6.45, 7) is 5.04. The van der Waals surface area contributed by atoms with Crippen LogP contribution in [0.4, 0.5) is 8.78 Å². The van der Waals surface area contributed by atoms with Gasteiger partial charge in [0.25, 0.3) is 0 Å². The van der Waals surface area contributed by atoms with Crippen molar-refractivity contribution in [2.24, 2.45) is 11.8 Å². The van der Waals surface area contributed by atoms with Crippen molar-refractivity contribution < 1.29 is 22.8 Å². The van der Waals surface area contributed by atoms with Crippen molar-refractivity contribution in [3.8, 4) is 11.3 Å². The van der Waals surface area contributed by atoms with Gasteiger partial charge in [0.2, 0.25) is 11.8 Å². The largest absolute Gasteiger partial charge is 0.441 e. The van der Waals surface area contributed by atoms with E-state index in [9.17, 15) is 18.4 Å². The smallest absolute Gasteiger partial charge is 0.225 e. The Bertz CT molecular complexity index is 969. The molecule has 2 fully saturated rings. The van der Waals surface area contributed by atoms with Crippen LogP contribution in [-0.4, -0.2) is 52.8 Å². The second-order valence-corrected chi connectivity index (χ2v) is 8.93. The molecule has 0 aliphatic carbocycles. The zero-order chi connectivity index (χ0) is 22.7. The Morgan fingerprint density at radius 1 is 1.12 bits per heavy atom. The Morgan fingerprint density at radius 2 is 1.91 bits per heavy atom. The minimum absolute atomic E-state index is 0.00394. The van der Waals surface area contributed by atoms with E-state index in [1.54, 1.807) is 4.90 Å². The molecule has 2 saturated heterocycles. The first-order valence-electron chi connectivity index (χ1n) is 11.4. The maximum absolute atomic E-state index is 13.9. The molecule has 2 aliphatic rings. The highest BCUT2D eigenvalue weighted by atomic mass is 19.1. The van der Waals surface area contributed by atoms with Gasteiger partial charge in [0.15, 0.2) is 11.7 Å². The lowest BCUT2D eigenvalue weighted by Gasteiger charge is -2.37. The zero-order valence-electron chi connectivity index (χ0n) is 18.4. The molecule has 1 aromatic carbocycles.